The molecule has 1 aliphatic rings. The second-order valence-corrected chi connectivity index (χ2v) is 2.88. The summed E-state index contributed by atoms with van der Waals surface area (Å²) in [5, 5.41) is 2.09. The summed E-state index contributed by atoms with van der Waals surface area (Å²) in [5.41, 5.74) is 5.41. The number of fused-ring (bicyclic) bond motifs is 1. The third kappa shape index (κ3) is 0.990. The maximum atomic E-state index is 11.3. The first-order valence-electron chi connectivity index (χ1n) is 3.90. The van der Waals surface area contributed by atoms with Crippen molar-refractivity contribution in [1.82, 2.24) is 5.32 Å². The minimum absolute atomic E-state index is 0.0741. The lowest BCUT2D eigenvalue weighted by atomic mass is 10.0. The Balaban J connectivity index is 2.74. The van der Waals surface area contributed by atoms with E-state index >= 15 is 0 Å². The van der Waals surface area contributed by atoms with Gasteiger partial charge in [-0.05, 0) is 12.1 Å². The molecule has 0 bridgehead atoms. The number of nitrogens with one attached hydrogen (secondary N) is 1. The Kier molecular flexibility index (Phi) is 1.60. The molecule has 0 unspecified atom stereocenters. The van der Waals surface area contributed by atoms with Crippen LogP contribution in [-0.2, 0) is 0 Å². The van der Waals surface area contributed by atoms with E-state index < -0.39 is 17.7 Å². The first-order valence-corrected chi connectivity index (χ1v) is 3.90. The molecule has 5 heteroatoms. The molecule has 0 spiro atoms. The molecule has 1 aromatic carbocycles. The third-order valence-corrected chi connectivity index (χ3v) is 2.03. The van der Waals surface area contributed by atoms with Crippen molar-refractivity contribution in [3.63, 3.8) is 0 Å². The zero-order valence-corrected chi connectivity index (χ0v) is 7.03. The molecular formula is C9H6N2O3. The van der Waals surface area contributed by atoms with Crippen LogP contribution in [-0.4, -0.2) is 17.7 Å². The summed E-state index contributed by atoms with van der Waals surface area (Å²) in [5.74, 6) is -1.78. The highest BCUT2D eigenvalue weighted by Gasteiger charge is 2.30. The summed E-state index contributed by atoms with van der Waals surface area (Å²) < 4.78 is 0. The van der Waals surface area contributed by atoms with Crippen LogP contribution in [0.25, 0.3) is 0 Å². The van der Waals surface area contributed by atoms with E-state index in [-0.39, 0.29) is 16.7 Å². The van der Waals surface area contributed by atoms with E-state index in [4.69, 9.17) is 5.73 Å². The van der Waals surface area contributed by atoms with Crippen molar-refractivity contribution in [3.05, 3.63) is 34.9 Å². The summed E-state index contributed by atoms with van der Waals surface area (Å²) in [6, 6.07) is 4.40. The molecule has 70 valence electrons. The molecule has 3 N–H and O–H groups in total. The lowest BCUT2D eigenvalue weighted by Crippen LogP contribution is -2.21. The lowest BCUT2D eigenvalue weighted by Gasteiger charge is -1.99. The van der Waals surface area contributed by atoms with E-state index in [1.54, 1.807) is 0 Å². The number of carbonyl (C=O) groups is 3. The molecule has 2 rings (SSSR count). The molecule has 1 aliphatic heterocycles. The number of imide groups is 1. The van der Waals surface area contributed by atoms with Crippen LogP contribution in [0.3, 0.4) is 0 Å². The van der Waals surface area contributed by atoms with Crippen molar-refractivity contribution in [2.45, 2.75) is 0 Å². The van der Waals surface area contributed by atoms with Crippen LogP contribution < -0.4 is 11.1 Å². The van der Waals surface area contributed by atoms with E-state index in [1.807, 2.05) is 0 Å². The molecule has 0 atom stereocenters. The number of nitrogens with two attached hydrogens (primary N) is 1. The average molecular weight is 190 g/mol. The number of rotatable bonds is 1. The number of carbonyl (C=O) groups excluding carboxylic acids is 3. The zero-order chi connectivity index (χ0) is 10.3. The van der Waals surface area contributed by atoms with Gasteiger partial charge in [-0.3, -0.25) is 19.7 Å². The van der Waals surface area contributed by atoms with Gasteiger partial charge in [0.1, 0.15) is 0 Å². The topological polar surface area (TPSA) is 89.3 Å². The van der Waals surface area contributed by atoms with Crippen molar-refractivity contribution in [2.24, 2.45) is 5.73 Å². The first kappa shape index (κ1) is 8.43. The maximum Gasteiger partial charge on any atom is 0.259 e. The molecule has 0 fully saturated rings. The summed E-state index contributed by atoms with van der Waals surface area (Å²) in [6.45, 7) is 0. The van der Waals surface area contributed by atoms with Gasteiger partial charge in [-0.1, -0.05) is 6.07 Å². The van der Waals surface area contributed by atoms with Gasteiger partial charge in [0, 0.05) is 0 Å². The highest BCUT2D eigenvalue weighted by molar-refractivity contribution is 6.24. The molecule has 5 nitrogen and oxygen atoms in total. The van der Waals surface area contributed by atoms with E-state index in [1.165, 1.54) is 18.2 Å². The Bertz CT molecular complexity index is 465. The predicted octanol–water partition coefficient (Wildman–Crippen LogP) is -0.331. The standard InChI is InChI=1S/C9H6N2O3/c10-7(12)4-2-1-3-5-6(4)9(14)11-8(5)13/h1-3H,(H2,10,12)(H,11,13,14). The minimum atomic E-state index is -0.716. The number of benzene rings is 1. The predicted molar refractivity (Wildman–Crippen MR) is 46.8 cm³/mol. The minimum Gasteiger partial charge on any atom is -0.366 e. The van der Waals surface area contributed by atoms with Gasteiger partial charge in [0.25, 0.3) is 11.8 Å². The average Bonchev–Trinajstić information content (AvgIpc) is 2.43. The Morgan fingerprint density at radius 3 is 2.57 bits per heavy atom. The molecule has 14 heavy (non-hydrogen) atoms. The molecule has 0 saturated heterocycles. The van der Waals surface area contributed by atoms with Gasteiger partial charge >= 0.3 is 0 Å². The van der Waals surface area contributed by atoms with Gasteiger partial charge in [-0.15, -0.1) is 0 Å². The molecule has 0 saturated carbocycles. The van der Waals surface area contributed by atoms with Crippen LogP contribution in [0.2, 0.25) is 0 Å². The Morgan fingerprint density at radius 2 is 1.93 bits per heavy atom. The fraction of sp³-hybridized carbons (Fsp3) is 0. The third-order valence-electron chi connectivity index (χ3n) is 2.03. The van der Waals surface area contributed by atoms with Crippen LogP contribution in [0.5, 0.6) is 0 Å². The number of amides is 3. The summed E-state index contributed by atoms with van der Waals surface area (Å²) in [4.78, 5) is 33.4. The van der Waals surface area contributed by atoms with Crippen LogP contribution in [0, 0.1) is 0 Å². The van der Waals surface area contributed by atoms with E-state index in [9.17, 15) is 14.4 Å². The van der Waals surface area contributed by atoms with Crippen molar-refractivity contribution in [1.29, 1.82) is 0 Å². The maximum absolute atomic E-state index is 11.3. The highest BCUT2D eigenvalue weighted by Crippen LogP contribution is 2.19. The van der Waals surface area contributed by atoms with Crippen molar-refractivity contribution in [2.75, 3.05) is 0 Å². The summed E-state index contributed by atoms with van der Waals surface area (Å²) in [6.07, 6.45) is 0. The Labute approximate surface area is 78.9 Å². The largest absolute Gasteiger partial charge is 0.366 e. The highest BCUT2D eigenvalue weighted by atomic mass is 16.2. The fourth-order valence-electron chi connectivity index (χ4n) is 1.42. The monoisotopic (exact) mass is 190 g/mol. The van der Waals surface area contributed by atoms with Gasteiger partial charge in [0.05, 0.1) is 16.7 Å². The van der Waals surface area contributed by atoms with Gasteiger partial charge in [0.2, 0.25) is 5.91 Å². The zero-order valence-electron chi connectivity index (χ0n) is 7.03. The van der Waals surface area contributed by atoms with Crippen LogP contribution >= 0.6 is 0 Å². The van der Waals surface area contributed by atoms with E-state index in [2.05, 4.69) is 5.32 Å². The van der Waals surface area contributed by atoms with E-state index in [0.29, 0.717) is 0 Å². The van der Waals surface area contributed by atoms with Gasteiger partial charge < -0.3 is 5.73 Å². The normalized spacial score (nSPS) is 13.7. The molecule has 1 aromatic rings. The number of hydrogen-bond acceptors (Lipinski definition) is 3. The fourth-order valence-corrected chi connectivity index (χ4v) is 1.42. The lowest BCUT2D eigenvalue weighted by molar-refractivity contribution is 0.0874. The van der Waals surface area contributed by atoms with Crippen LogP contribution in [0.15, 0.2) is 18.2 Å². The number of hydrogen-bond donors (Lipinski definition) is 2. The van der Waals surface area contributed by atoms with Crippen LogP contribution in [0.4, 0.5) is 0 Å². The molecule has 0 aromatic heterocycles. The molecule has 0 radical (unpaired) electrons. The van der Waals surface area contributed by atoms with E-state index in [0.717, 1.165) is 0 Å². The van der Waals surface area contributed by atoms with Gasteiger partial charge in [-0.25, -0.2) is 0 Å². The second-order valence-electron chi connectivity index (χ2n) is 2.88. The van der Waals surface area contributed by atoms with Gasteiger partial charge in [-0.2, -0.15) is 0 Å². The molecule has 1 heterocycles. The second kappa shape index (κ2) is 2.66. The van der Waals surface area contributed by atoms with Crippen LogP contribution in [0.1, 0.15) is 31.1 Å². The number of primary amides is 1. The van der Waals surface area contributed by atoms with Gasteiger partial charge in [0.15, 0.2) is 0 Å². The Hall–Kier alpha value is -2.17. The SMILES string of the molecule is NC(=O)c1cccc2c1C(=O)NC2=O. The molecule has 3 amide bonds. The molecular weight excluding hydrogens is 184 g/mol. The van der Waals surface area contributed by atoms with Crippen molar-refractivity contribution < 1.29 is 14.4 Å². The van der Waals surface area contributed by atoms with Crippen molar-refractivity contribution >= 4 is 17.7 Å². The summed E-state index contributed by atoms with van der Waals surface area (Å²) in [7, 11) is 0. The summed E-state index contributed by atoms with van der Waals surface area (Å²) >= 11 is 0. The molecule has 0 aliphatic carbocycles. The Morgan fingerprint density at radius 1 is 1.21 bits per heavy atom. The first-order chi connectivity index (χ1) is 6.61. The van der Waals surface area contributed by atoms with Crippen molar-refractivity contribution in [3.8, 4) is 0 Å². The quantitative estimate of drug-likeness (QED) is 0.594. The smallest absolute Gasteiger partial charge is 0.259 e.